The quantitative estimate of drug-likeness (QED) is 0.774. The first-order valence-corrected chi connectivity index (χ1v) is 9.78. The molecule has 0 spiro atoms. The second-order valence-corrected chi connectivity index (χ2v) is 7.93. The van der Waals surface area contributed by atoms with E-state index in [0.717, 1.165) is 0 Å². The van der Waals surface area contributed by atoms with E-state index < -0.39 is 0 Å². The van der Waals surface area contributed by atoms with Crippen LogP contribution in [0.1, 0.15) is 32.9 Å². The van der Waals surface area contributed by atoms with Gasteiger partial charge >= 0.3 is 0 Å². The van der Waals surface area contributed by atoms with Gasteiger partial charge in [-0.05, 0) is 24.3 Å². The van der Waals surface area contributed by atoms with Crippen molar-refractivity contribution < 1.29 is 19.5 Å². The smallest absolute Gasteiger partial charge is 0.257 e. The van der Waals surface area contributed by atoms with Crippen LogP contribution in [0.15, 0.2) is 36.4 Å². The molecule has 2 heterocycles. The number of benzene rings is 1. The zero-order chi connectivity index (χ0) is 19.4. The summed E-state index contributed by atoms with van der Waals surface area (Å²) in [4.78, 5) is 40.8. The third-order valence-electron chi connectivity index (χ3n) is 4.47. The molecule has 2 aromatic rings. The molecule has 0 unspecified atom stereocenters. The first-order valence-electron chi connectivity index (χ1n) is 8.59. The molecule has 6 nitrogen and oxygen atoms in total. The number of phenolic OH excluding ortho intramolecular Hbond substituents is 1. The highest BCUT2D eigenvalue weighted by Crippen LogP contribution is 2.23. The summed E-state index contributed by atoms with van der Waals surface area (Å²) in [5.74, 6) is -0.479. The molecular weight excluding hydrogens is 388 g/mol. The van der Waals surface area contributed by atoms with E-state index in [9.17, 15) is 19.5 Å². The first kappa shape index (κ1) is 19.4. The molecule has 1 saturated heterocycles. The number of carbonyl (C=O) groups excluding carboxylic acids is 3. The van der Waals surface area contributed by atoms with Gasteiger partial charge in [0.2, 0.25) is 5.91 Å². The van der Waals surface area contributed by atoms with E-state index in [1.54, 1.807) is 40.1 Å². The number of thiophene rings is 1. The average Bonchev–Trinajstić information content (AvgIpc) is 3.12. The predicted octanol–water partition coefficient (Wildman–Crippen LogP) is 3.05. The summed E-state index contributed by atoms with van der Waals surface area (Å²) >= 11 is 7.04. The number of amides is 2. The molecule has 0 bridgehead atoms. The van der Waals surface area contributed by atoms with Gasteiger partial charge in [-0.15, -0.1) is 11.3 Å². The number of hydrogen-bond donors (Lipinski definition) is 1. The van der Waals surface area contributed by atoms with Crippen molar-refractivity contribution in [1.82, 2.24) is 9.80 Å². The standard InChI is InChI=1S/C19H19ClN2O4S/c20-17-7-6-16(27-17)15(24)5-8-18(25)21-9-11-22(12-10-21)19(26)13-3-1-2-4-14(13)23/h1-4,6-7,23H,5,8-12H2. The molecule has 1 aliphatic rings. The second-order valence-electron chi connectivity index (χ2n) is 6.22. The Hall–Kier alpha value is -2.38. The topological polar surface area (TPSA) is 77.9 Å². The number of aromatic hydroxyl groups is 1. The van der Waals surface area contributed by atoms with Crippen molar-refractivity contribution in [2.24, 2.45) is 0 Å². The zero-order valence-electron chi connectivity index (χ0n) is 14.6. The van der Waals surface area contributed by atoms with Crippen LogP contribution in [0, 0.1) is 0 Å². The van der Waals surface area contributed by atoms with E-state index in [1.807, 2.05) is 0 Å². The molecule has 27 heavy (non-hydrogen) atoms. The number of phenols is 1. The largest absolute Gasteiger partial charge is 0.507 e. The lowest BCUT2D eigenvalue weighted by Crippen LogP contribution is -2.50. The SMILES string of the molecule is O=C(CCC(=O)N1CCN(C(=O)c2ccccc2O)CC1)c1ccc(Cl)s1. The molecule has 1 aromatic heterocycles. The highest BCUT2D eigenvalue weighted by Gasteiger charge is 2.26. The van der Waals surface area contributed by atoms with Crippen molar-refractivity contribution in [3.63, 3.8) is 0 Å². The fraction of sp³-hybridized carbons (Fsp3) is 0.316. The lowest BCUT2D eigenvalue weighted by molar-refractivity contribution is -0.132. The molecule has 0 radical (unpaired) electrons. The van der Waals surface area contributed by atoms with Crippen molar-refractivity contribution in [3.05, 3.63) is 51.2 Å². The van der Waals surface area contributed by atoms with E-state index in [4.69, 9.17) is 11.6 Å². The van der Waals surface area contributed by atoms with E-state index >= 15 is 0 Å². The third kappa shape index (κ3) is 4.67. The van der Waals surface area contributed by atoms with Gasteiger partial charge in [0.05, 0.1) is 14.8 Å². The number of hydrogen-bond acceptors (Lipinski definition) is 5. The summed E-state index contributed by atoms with van der Waals surface area (Å²) in [6.45, 7) is 1.62. The second kappa shape index (κ2) is 8.54. The van der Waals surface area contributed by atoms with Gasteiger partial charge in [-0.25, -0.2) is 0 Å². The average molecular weight is 407 g/mol. The molecule has 1 fully saturated rings. The molecule has 2 amide bonds. The number of piperazine rings is 1. The van der Waals surface area contributed by atoms with E-state index in [1.165, 1.54) is 17.4 Å². The number of Topliss-reactive ketones (excluding diaryl/α,β-unsaturated/α-hetero) is 1. The summed E-state index contributed by atoms with van der Waals surface area (Å²) in [7, 11) is 0. The van der Waals surface area contributed by atoms with Crippen molar-refractivity contribution in [1.29, 1.82) is 0 Å². The Morgan fingerprint density at radius 1 is 0.963 bits per heavy atom. The Morgan fingerprint density at radius 2 is 1.63 bits per heavy atom. The Morgan fingerprint density at radius 3 is 2.26 bits per heavy atom. The van der Waals surface area contributed by atoms with Gasteiger partial charge in [-0.2, -0.15) is 0 Å². The van der Waals surface area contributed by atoms with Crippen LogP contribution in [0.2, 0.25) is 4.34 Å². The van der Waals surface area contributed by atoms with Gasteiger partial charge in [0, 0.05) is 39.0 Å². The Labute approximate surface area is 166 Å². The number of para-hydroxylation sites is 1. The van der Waals surface area contributed by atoms with Crippen LogP contribution in [0.3, 0.4) is 0 Å². The molecule has 0 saturated carbocycles. The van der Waals surface area contributed by atoms with Crippen molar-refractivity contribution in [2.75, 3.05) is 26.2 Å². The molecular formula is C19H19ClN2O4S. The summed E-state index contributed by atoms with van der Waals surface area (Å²) in [5.41, 5.74) is 0.262. The van der Waals surface area contributed by atoms with Crippen LogP contribution < -0.4 is 0 Å². The zero-order valence-corrected chi connectivity index (χ0v) is 16.1. The van der Waals surface area contributed by atoms with Gasteiger partial charge in [0.15, 0.2) is 5.78 Å². The van der Waals surface area contributed by atoms with Crippen LogP contribution in [-0.4, -0.2) is 58.7 Å². The summed E-state index contributed by atoms with van der Waals surface area (Å²) in [6, 6.07) is 9.76. The summed E-state index contributed by atoms with van der Waals surface area (Å²) < 4.78 is 0.551. The number of carbonyl (C=O) groups is 3. The molecule has 1 aromatic carbocycles. The first-order chi connectivity index (χ1) is 13.0. The van der Waals surface area contributed by atoms with Gasteiger partial charge < -0.3 is 14.9 Å². The third-order valence-corrected chi connectivity index (χ3v) is 5.74. The summed E-state index contributed by atoms with van der Waals surface area (Å²) in [6.07, 6.45) is 0.286. The monoisotopic (exact) mass is 406 g/mol. The maximum absolute atomic E-state index is 12.5. The van der Waals surface area contributed by atoms with Gasteiger partial charge in [-0.3, -0.25) is 14.4 Å². The lowest BCUT2D eigenvalue weighted by atomic mass is 10.1. The Bertz CT molecular complexity index is 859. The highest BCUT2D eigenvalue weighted by atomic mass is 35.5. The van der Waals surface area contributed by atoms with Gasteiger partial charge in [0.1, 0.15) is 5.75 Å². The lowest BCUT2D eigenvalue weighted by Gasteiger charge is -2.35. The van der Waals surface area contributed by atoms with E-state index in [0.29, 0.717) is 35.4 Å². The maximum atomic E-state index is 12.5. The van der Waals surface area contributed by atoms with Crippen molar-refractivity contribution >= 4 is 40.5 Å². The van der Waals surface area contributed by atoms with Crippen LogP contribution in [0.4, 0.5) is 0 Å². The molecule has 3 rings (SSSR count). The Balaban J connectivity index is 1.48. The molecule has 0 aliphatic carbocycles. The summed E-state index contributed by atoms with van der Waals surface area (Å²) in [5, 5.41) is 9.82. The van der Waals surface area contributed by atoms with Crippen LogP contribution >= 0.6 is 22.9 Å². The predicted molar refractivity (Wildman–Crippen MR) is 103 cm³/mol. The number of rotatable bonds is 5. The molecule has 1 aliphatic heterocycles. The van der Waals surface area contributed by atoms with Gasteiger partial charge in [-0.1, -0.05) is 23.7 Å². The highest BCUT2D eigenvalue weighted by molar-refractivity contribution is 7.18. The molecule has 142 valence electrons. The fourth-order valence-electron chi connectivity index (χ4n) is 2.95. The van der Waals surface area contributed by atoms with Crippen molar-refractivity contribution in [3.8, 4) is 5.75 Å². The van der Waals surface area contributed by atoms with Crippen molar-refractivity contribution in [2.45, 2.75) is 12.8 Å². The van der Waals surface area contributed by atoms with E-state index in [-0.39, 0.29) is 41.8 Å². The van der Waals surface area contributed by atoms with Crippen LogP contribution in [0.5, 0.6) is 5.75 Å². The Kier molecular flexibility index (Phi) is 6.13. The fourth-order valence-corrected chi connectivity index (χ4v) is 3.96. The normalized spacial score (nSPS) is 14.3. The molecule has 1 N–H and O–H groups in total. The van der Waals surface area contributed by atoms with Crippen LogP contribution in [0.25, 0.3) is 0 Å². The van der Waals surface area contributed by atoms with E-state index in [2.05, 4.69) is 0 Å². The minimum Gasteiger partial charge on any atom is -0.507 e. The minimum atomic E-state index is -0.245. The number of ketones is 1. The molecule has 0 atom stereocenters. The van der Waals surface area contributed by atoms with Gasteiger partial charge in [0.25, 0.3) is 5.91 Å². The minimum absolute atomic E-state index is 0.0480. The maximum Gasteiger partial charge on any atom is 0.257 e. The number of nitrogens with zero attached hydrogens (tertiary/aromatic N) is 2. The molecule has 8 heteroatoms. The van der Waals surface area contributed by atoms with Crippen LogP contribution in [-0.2, 0) is 4.79 Å². The number of halogens is 1.